The van der Waals surface area contributed by atoms with Crippen molar-refractivity contribution in [3.05, 3.63) is 40.7 Å². The lowest BCUT2D eigenvalue weighted by atomic mass is 10.1. The molecule has 0 aliphatic carbocycles. The highest BCUT2D eigenvalue weighted by molar-refractivity contribution is 9.10. The maximum Gasteiger partial charge on any atom is 0.0551 e. The molecule has 1 aromatic rings. The van der Waals surface area contributed by atoms with Crippen molar-refractivity contribution < 1.29 is 0 Å². The Morgan fingerprint density at radius 2 is 2.38 bits per heavy atom. The minimum absolute atomic E-state index is 0.323. The Balaban J connectivity index is 2.01. The molecule has 1 heterocycles. The van der Waals surface area contributed by atoms with Crippen LogP contribution in [0.25, 0.3) is 0 Å². The van der Waals surface area contributed by atoms with Gasteiger partial charge in [-0.05, 0) is 17.7 Å². The Bertz CT molecular complexity index is 303. The molecule has 1 saturated heterocycles. The van der Waals surface area contributed by atoms with E-state index in [1.165, 1.54) is 5.56 Å². The highest BCUT2D eigenvalue weighted by Crippen LogP contribution is 2.36. The Kier molecular flexibility index (Phi) is 3.22. The molecule has 1 radical (unpaired) electrons. The molecule has 0 amide bonds. The fourth-order valence-corrected chi connectivity index (χ4v) is 2.97. The summed E-state index contributed by atoms with van der Waals surface area (Å²) in [6, 6.07) is 8.29. The predicted molar refractivity (Wildman–Crippen MR) is 63.4 cm³/mol. The molecule has 0 saturated carbocycles. The molecule has 1 aliphatic rings. The largest absolute Gasteiger partial charge is 0.155 e. The molecule has 0 spiro atoms. The van der Waals surface area contributed by atoms with Crippen molar-refractivity contribution in [2.45, 2.75) is 10.6 Å². The second-order valence-electron chi connectivity index (χ2n) is 3.04. The van der Waals surface area contributed by atoms with Gasteiger partial charge < -0.3 is 0 Å². The normalized spacial score (nSPS) is 26.9. The molecule has 3 heteroatoms. The molecule has 0 bridgehead atoms. The van der Waals surface area contributed by atoms with Crippen molar-refractivity contribution in [2.24, 2.45) is 0 Å². The van der Waals surface area contributed by atoms with Gasteiger partial charge in [0.25, 0.3) is 0 Å². The number of hydrogen-bond acceptors (Lipinski definition) is 1. The number of hydrogen-bond donors (Lipinski definition) is 0. The van der Waals surface area contributed by atoms with Crippen molar-refractivity contribution >= 4 is 39.3 Å². The third-order valence-electron chi connectivity index (χ3n) is 2.01. The molecule has 2 atom stereocenters. The van der Waals surface area contributed by atoms with E-state index in [4.69, 9.17) is 11.6 Å². The monoisotopic (exact) mass is 275 g/mol. The van der Waals surface area contributed by atoms with Crippen LogP contribution < -0.4 is 0 Å². The molecule has 0 N–H and O–H groups in total. The fourth-order valence-electron chi connectivity index (χ4n) is 1.23. The highest BCUT2D eigenvalue weighted by Gasteiger charge is 2.29. The van der Waals surface area contributed by atoms with E-state index in [0.29, 0.717) is 10.6 Å². The van der Waals surface area contributed by atoms with E-state index in [2.05, 4.69) is 34.5 Å². The Hall–Kier alpha value is 0.340. The van der Waals surface area contributed by atoms with Gasteiger partial charge in [-0.1, -0.05) is 28.1 Å². The second-order valence-corrected chi connectivity index (χ2v) is 5.72. The maximum atomic E-state index is 6.04. The topological polar surface area (TPSA) is 0 Å². The van der Waals surface area contributed by atoms with Crippen LogP contribution in [0.2, 0.25) is 0 Å². The molecule has 0 aromatic heterocycles. The van der Waals surface area contributed by atoms with Crippen LogP contribution in [0.4, 0.5) is 0 Å². The zero-order valence-electron chi connectivity index (χ0n) is 6.91. The quantitative estimate of drug-likeness (QED) is 0.742. The van der Waals surface area contributed by atoms with Crippen LogP contribution >= 0.6 is 39.3 Å². The molecule has 2 unspecified atom stereocenters. The summed E-state index contributed by atoms with van der Waals surface area (Å²) in [4.78, 5) is 0. The van der Waals surface area contributed by atoms with Crippen molar-refractivity contribution in [1.82, 2.24) is 0 Å². The summed E-state index contributed by atoms with van der Waals surface area (Å²) in [5.41, 5.74) is 1.25. The Labute approximate surface area is 96.2 Å². The van der Waals surface area contributed by atoms with Crippen LogP contribution in [0.3, 0.4) is 0 Å². The highest BCUT2D eigenvalue weighted by atomic mass is 79.9. The molecule has 13 heavy (non-hydrogen) atoms. The summed E-state index contributed by atoms with van der Waals surface area (Å²) in [6.45, 7) is 0. The number of thioether (sulfide) groups is 1. The molecular weight excluding hydrogens is 268 g/mol. The van der Waals surface area contributed by atoms with E-state index in [9.17, 15) is 0 Å². The molecule has 1 fully saturated rings. The number of alkyl halides is 1. The van der Waals surface area contributed by atoms with Crippen LogP contribution in [0, 0.1) is 6.42 Å². The van der Waals surface area contributed by atoms with Gasteiger partial charge in [0.15, 0.2) is 0 Å². The predicted octanol–water partition coefficient (Wildman–Crippen LogP) is 3.72. The van der Waals surface area contributed by atoms with E-state index in [1.54, 1.807) is 0 Å². The summed E-state index contributed by atoms with van der Waals surface area (Å²) in [5.74, 6) is 1.08. The minimum Gasteiger partial charge on any atom is -0.155 e. The van der Waals surface area contributed by atoms with E-state index in [0.717, 1.165) is 10.2 Å². The van der Waals surface area contributed by atoms with Crippen molar-refractivity contribution in [3.63, 3.8) is 0 Å². The van der Waals surface area contributed by atoms with E-state index in [-0.39, 0.29) is 0 Å². The average Bonchev–Trinajstić information content (AvgIpc) is 2.12. The third-order valence-corrected chi connectivity index (χ3v) is 4.66. The first kappa shape index (κ1) is 9.88. The number of halogens is 2. The fraction of sp³-hybridized carbons (Fsp3) is 0.300. The van der Waals surface area contributed by atoms with Gasteiger partial charge in [-0.2, -0.15) is 11.8 Å². The van der Waals surface area contributed by atoms with Crippen LogP contribution in [0.15, 0.2) is 28.7 Å². The zero-order chi connectivity index (χ0) is 9.26. The second kappa shape index (κ2) is 4.24. The molecule has 69 valence electrons. The van der Waals surface area contributed by atoms with Gasteiger partial charge in [-0.15, -0.1) is 11.6 Å². The zero-order valence-corrected chi connectivity index (χ0v) is 10.1. The lowest BCUT2D eigenvalue weighted by molar-refractivity contribution is 0.897. The van der Waals surface area contributed by atoms with Gasteiger partial charge in [-0.3, -0.25) is 0 Å². The van der Waals surface area contributed by atoms with Gasteiger partial charge in [0.05, 0.1) is 5.38 Å². The first-order valence-corrected chi connectivity index (χ1v) is 6.39. The van der Waals surface area contributed by atoms with Crippen molar-refractivity contribution in [1.29, 1.82) is 0 Å². The van der Waals surface area contributed by atoms with Gasteiger partial charge in [0.2, 0.25) is 0 Å². The molecule has 2 rings (SSSR count). The first-order valence-electron chi connectivity index (χ1n) is 4.12. The van der Waals surface area contributed by atoms with Crippen LogP contribution in [-0.2, 0) is 0 Å². The van der Waals surface area contributed by atoms with Crippen molar-refractivity contribution in [3.8, 4) is 0 Å². The van der Waals surface area contributed by atoms with E-state index < -0.39 is 0 Å². The van der Waals surface area contributed by atoms with Crippen LogP contribution in [0.5, 0.6) is 0 Å². The summed E-state index contributed by atoms with van der Waals surface area (Å²) in [6.07, 6.45) is 2.23. The molecule has 0 nitrogen and oxygen atoms in total. The van der Waals surface area contributed by atoms with Crippen LogP contribution in [0.1, 0.15) is 5.56 Å². The van der Waals surface area contributed by atoms with Crippen LogP contribution in [-0.4, -0.2) is 16.4 Å². The average molecular weight is 277 g/mol. The SMILES string of the molecule is ClC1CSC1[CH]c1cccc(Br)c1. The lowest BCUT2D eigenvalue weighted by Crippen LogP contribution is -2.31. The third kappa shape index (κ3) is 2.42. The lowest BCUT2D eigenvalue weighted by Gasteiger charge is -2.30. The van der Waals surface area contributed by atoms with Gasteiger partial charge >= 0.3 is 0 Å². The van der Waals surface area contributed by atoms with E-state index in [1.807, 2.05) is 23.9 Å². The Morgan fingerprint density at radius 3 is 2.92 bits per heavy atom. The molecular formula is C10H9BrClS. The maximum absolute atomic E-state index is 6.04. The summed E-state index contributed by atoms with van der Waals surface area (Å²) < 4.78 is 1.12. The Morgan fingerprint density at radius 1 is 1.54 bits per heavy atom. The van der Waals surface area contributed by atoms with Crippen molar-refractivity contribution in [2.75, 3.05) is 5.75 Å². The summed E-state index contributed by atoms with van der Waals surface area (Å²) in [5, 5.41) is 0.819. The summed E-state index contributed by atoms with van der Waals surface area (Å²) >= 11 is 11.4. The standard InChI is InChI=1S/C10H9BrClS/c11-8-3-1-2-7(4-8)5-10-9(12)6-13-10/h1-5,9-10H,6H2. The van der Waals surface area contributed by atoms with Gasteiger partial charge in [-0.25, -0.2) is 0 Å². The molecule has 1 aliphatic heterocycles. The first-order chi connectivity index (χ1) is 6.25. The number of rotatable bonds is 2. The summed E-state index contributed by atoms with van der Waals surface area (Å²) in [7, 11) is 0. The number of benzene rings is 1. The smallest absolute Gasteiger partial charge is 0.0551 e. The van der Waals surface area contributed by atoms with Gasteiger partial charge in [0, 0.05) is 21.9 Å². The molecule has 1 aromatic carbocycles. The van der Waals surface area contributed by atoms with Gasteiger partial charge in [0.1, 0.15) is 0 Å². The van der Waals surface area contributed by atoms with E-state index >= 15 is 0 Å². The minimum atomic E-state index is 0.323.